The van der Waals surface area contributed by atoms with E-state index in [1.807, 2.05) is 36.1 Å². The summed E-state index contributed by atoms with van der Waals surface area (Å²) in [6.45, 7) is 6.67. The van der Waals surface area contributed by atoms with E-state index in [4.69, 9.17) is 4.74 Å². The Morgan fingerprint density at radius 2 is 1.80 bits per heavy atom. The van der Waals surface area contributed by atoms with Crippen molar-refractivity contribution in [2.75, 3.05) is 32.8 Å². The van der Waals surface area contributed by atoms with E-state index in [1.54, 1.807) is 0 Å². The molecular weight excluding hydrogens is 380 g/mol. The number of nitrogens with zero attached hydrogens (tertiary/aromatic N) is 2. The molecule has 0 aromatic heterocycles. The minimum atomic E-state index is 0.0455. The van der Waals surface area contributed by atoms with Crippen LogP contribution < -0.4 is 4.74 Å². The average Bonchev–Trinajstić information content (AvgIpc) is 2.64. The third-order valence-electron chi connectivity index (χ3n) is 4.38. The molecule has 0 aliphatic carbocycles. The summed E-state index contributed by atoms with van der Waals surface area (Å²) in [5.74, 6) is 0.700. The van der Waals surface area contributed by atoms with Crippen LogP contribution in [0.2, 0.25) is 0 Å². The van der Waals surface area contributed by atoms with Gasteiger partial charge in [0, 0.05) is 37.2 Å². The van der Waals surface area contributed by atoms with Gasteiger partial charge in [-0.1, -0.05) is 46.3 Å². The molecule has 1 saturated heterocycles. The highest BCUT2D eigenvalue weighted by molar-refractivity contribution is 9.10. The molecule has 1 aliphatic rings. The molecule has 4 nitrogen and oxygen atoms in total. The topological polar surface area (TPSA) is 32.8 Å². The molecule has 0 atom stereocenters. The Kier molecular flexibility index (Phi) is 6.10. The van der Waals surface area contributed by atoms with E-state index >= 15 is 0 Å². The SMILES string of the molecule is CCOc1ccc(Br)cc1C(=O)N1CCN(Cc2ccccc2)CC1. The molecule has 0 saturated carbocycles. The molecule has 0 N–H and O–H groups in total. The second-order valence-corrected chi connectivity index (χ2v) is 7.04. The van der Waals surface area contributed by atoms with E-state index in [-0.39, 0.29) is 5.91 Å². The monoisotopic (exact) mass is 402 g/mol. The van der Waals surface area contributed by atoms with Crippen molar-refractivity contribution in [2.24, 2.45) is 0 Å². The maximum absolute atomic E-state index is 12.9. The number of amides is 1. The highest BCUT2D eigenvalue weighted by atomic mass is 79.9. The van der Waals surface area contributed by atoms with Crippen molar-refractivity contribution in [3.63, 3.8) is 0 Å². The highest BCUT2D eigenvalue weighted by Gasteiger charge is 2.24. The first-order valence-corrected chi connectivity index (χ1v) is 9.44. The van der Waals surface area contributed by atoms with E-state index in [1.165, 1.54) is 5.56 Å². The Labute approximate surface area is 157 Å². The van der Waals surface area contributed by atoms with Gasteiger partial charge in [-0.15, -0.1) is 0 Å². The molecule has 0 spiro atoms. The number of hydrogen-bond donors (Lipinski definition) is 0. The lowest BCUT2D eigenvalue weighted by Gasteiger charge is -2.35. The molecule has 1 aliphatic heterocycles. The van der Waals surface area contributed by atoms with Gasteiger partial charge in [-0.2, -0.15) is 0 Å². The van der Waals surface area contributed by atoms with Gasteiger partial charge >= 0.3 is 0 Å². The van der Waals surface area contributed by atoms with Crippen molar-refractivity contribution in [3.05, 3.63) is 64.1 Å². The van der Waals surface area contributed by atoms with Crippen LogP contribution in [0.4, 0.5) is 0 Å². The normalized spacial score (nSPS) is 15.2. The predicted octanol–water partition coefficient (Wildman–Crippen LogP) is 3.81. The van der Waals surface area contributed by atoms with Crippen LogP contribution in [0.3, 0.4) is 0 Å². The lowest BCUT2D eigenvalue weighted by Crippen LogP contribution is -2.48. The molecule has 1 amide bonds. The van der Waals surface area contributed by atoms with Gasteiger partial charge in [-0.05, 0) is 30.7 Å². The number of carbonyl (C=O) groups is 1. The van der Waals surface area contributed by atoms with E-state index in [2.05, 4.69) is 45.1 Å². The second kappa shape index (κ2) is 8.50. The van der Waals surface area contributed by atoms with Crippen LogP contribution in [0, 0.1) is 0 Å². The van der Waals surface area contributed by atoms with Crippen molar-refractivity contribution in [1.29, 1.82) is 0 Å². The van der Waals surface area contributed by atoms with Gasteiger partial charge in [0.25, 0.3) is 5.91 Å². The molecule has 0 radical (unpaired) electrons. The van der Waals surface area contributed by atoms with Gasteiger partial charge in [0.05, 0.1) is 12.2 Å². The lowest BCUT2D eigenvalue weighted by molar-refractivity contribution is 0.0624. The summed E-state index contributed by atoms with van der Waals surface area (Å²) < 4.78 is 6.52. The van der Waals surface area contributed by atoms with Crippen molar-refractivity contribution < 1.29 is 9.53 Å². The van der Waals surface area contributed by atoms with Crippen LogP contribution in [0.25, 0.3) is 0 Å². The van der Waals surface area contributed by atoms with Crippen LogP contribution >= 0.6 is 15.9 Å². The fraction of sp³-hybridized carbons (Fsp3) is 0.350. The fourth-order valence-corrected chi connectivity index (χ4v) is 3.43. The summed E-state index contributed by atoms with van der Waals surface area (Å²) in [4.78, 5) is 17.2. The number of halogens is 1. The van der Waals surface area contributed by atoms with Gasteiger partial charge in [-0.25, -0.2) is 0 Å². The van der Waals surface area contributed by atoms with Gasteiger partial charge in [0.15, 0.2) is 0 Å². The zero-order valence-corrected chi connectivity index (χ0v) is 16.0. The molecule has 2 aromatic carbocycles. The minimum absolute atomic E-state index is 0.0455. The molecule has 0 bridgehead atoms. The number of piperazine rings is 1. The second-order valence-electron chi connectivity index (χ2n) is 6.13. The van der Waals surface area contributed by atoms with Crippen LogP contribution in [0.15, 0.2) is 53.0 Å². The molecule has 132 valence electrons. The first-order chi connectivity index (χ1) is 12.2. The van der Waals surface area contributed by atoms with Crippen molar-refractivity contribution in [1.82, 2.24) is 9.80 Å². The van der Waals surface area contributed by atoms with Crippen LogP contribution in [0.5, 0.6) is 5.75 Å². The Morgan fingerprint density at radius 3 is 2.48 bits per heavy atom. The molecule has 25 heavy (non-hydrogen) atoms. The van der Waals surface area contributed by atoms with E-state index in [0.717, 1.165) is 37.2 Å². The molecule has 0 unspecified atom stereocenters. The fourth-order valence-electron chi connectivity index (χ4n) is 3.07. The highest BCUT2D eigenvalue weighted by Crippen LogP contribution is 2.25. The third kappa shape index (κ3) is 4.61. The zero-order chi connectivity index (χ0) is 17.6. The smallest absolute Gasteiger partial charge is 0.257 e. The zero-order valence-electron chi connectivity index (χ0n) is 14.5. The number of benzene rings is 2. The standard InChI is InChI=1S/C20H23BrN2O2/c1-2-25-19-9-8-17(21)14-18(19)20(24)23-12-10-22(11-13-23)15-16-6-4-3-5-7-16/h3-9,14H,2,10-13,15H2,1H3. The predicted molar refractivity (Wildman–Crippen MR) is 103 cm³/mol. The van der Waals surface area contributed by atoms with E-state index in [9.17, 15) is 4.79 Å². The van der Waals surface area contributed by atoms with Crippen LogP contribution in [-0.4, -0.2) is 48.5 Å². The quantitative estimate of drug-likeness (QED) is 0.762. The number of ether oxygens (including phenoxy) is 1. The van der Waals surface area contributed by atoms with Gasteiger partial charge in [0.2, 0.25) is 0 Å². The first kappa shape index (κ1) is 18.0. The van der Waals surface area contributed by atoms with Crippen molar-refractivity contribution in [2.45, 2.75) is 13.5 Å². The van der Waals surface area contributed by atoms with Crippen LogP contribution in [0.1, 0.15) is 22.8 Å². The molecule has 1 heterocycles. The lowest BCUT2D eigenvalue weighted by atomic mass is 10.1. The molecule has 3 rings (SSSR count). The summed E-state index contributed by atoms with van der Waals surface area (Å²) >= 11 is 3.45. The maximum Gasteiger partial charge on any atom is 0.257 e. The summed E-state index contributed by atoms with van der Waals surface area (Å²) in [6, 6.07) is 16.1. The van der Waals surface area contributed by atoms with E-state index in [0.29, 0.717) is 17.9 Å². The van der Waals surface area contributed by atoms with Crippen LogP contribution in [-0.2, 0) is 6.54 Å². The van der Waals surface area contributed by atoms with Crippen molar-refractivity contribution >= 4 is 21.8 Å². The number of hydrogen-bond acceptors (Lipinski definition) is 3. The van der Waals surface area contributed by atoms with Gasteiger partial charge < -0.3 is 9.64 Å². The van der Waals surface area contributed by atoms with Gasteiger partial charge in [0.1, 0.15) is 5.75 Å². The van der Waals surface area contributed by atoms with Crippen molar-refractivity contribution in [3.8, 4) is 5.75 Å². The largest absolute Gasteiger partial charge is 0.493 e. The first-order valence-electron chi connectivity index (χ1n) is 8.65. The minimum Gasteiger partial charge on any atom is -0.493 e. The number of carbonyl (C=O) groups excluding carboxylic acids is 1. The summed E-state index contributed by atoms with van der Waals surface area (Å²) in [7, 11) is 0. The summed E-state index contributed by atoms with van der Waals surface area (Å²) in [6.07, 6.45) is 0. The maximum atomic E-state index is 12.9. The molecule has 1 fully saturated rings. The summed E-state index contributed by atoms with van der Waals surface area (Å²) in [5, 5.41) is 0. The Bertz CT molecular complexity index is 713. The Morgan fingerprint density at radius 1 is 1.08 bits per heavy atom. The average molecular weight is 403 g/mol. The Balaban J connectivity index is 1.63. The third-order valence-corrected chi connectivity index (χ3v) is 4.87. The number of rotatable bonds is 5. The van der Waals surface area contributed by atoms with E-state index < -0.39 is 0 Å². The summed E-state index contributed by atoms with van der Waals surface area (Å²) in [5.41, 5.74) is 1.95. The van der Waals surface area contributed by atoms with Gasteiger partial charge in [-0.3, -0.25) is 9.69 Å². The molecule has 5 heteroatoms. The molecular formula is C20H23BrN2O2. The molecule has 2 aromatic rings. The Hall–Kier alpha value is -1.85.